The van der Waals surface area contributed by atoms with Gasteiger partial charge in [0.1, 0.15) is 11.0 Å². The summed E-state index contributed by atoms with van der Waals surface area (Å²) < 4.78 is 12.0. The summed E-state index contributed by atoms with van der Waals surface area (Å²) >= 11 is 0. The van der Waals surface area contributed by atoms with Gasteiger partial charge in [-0.05, 0) is 18.8 Å². The fraction of sp³-hybridized carbons (Fsp3) is 0.857. The third-order valence-corrected chi connectivity index (χ3v) is 5.48. The highest BCUT2D eigenvalue weighted by Gasteiger charge is 2.29. The van der Waals surface area contributed by atoms with Gasteiger partial charge in [0.25, 0.3) is 0 Å². The predicted octanol–water partition coefficient (Wildman–Crippen LogP) is 1.68. The van der Waals surface area contributed by atoms with E-state index in [0.29, 0.717) is 0 Å². The first-order valence-corrected chi connectivity index (χ1v) is 8.69. The van der Waals surface area contributed by atoms with E-state index in [1.54, 1.807) is 13.8 Å². The highest BCUT2D eigenvalue weighted by atomic mass is 32.2. The molecule has 0 radical (unpaired) electrons. The lowest BCUT2D eigenvalue weighted by molar-refractivity contribution is -0.137. The lowest BCUT2D eigenvalue weighted by Gasteiger charge is -2.18. The third-order valence-electron chi connectivity index (χ3n) is 3.63. The van der Waals surface area contributed by atoms with Gasteiger partial charge in [-0.1, -0.05) is 39.5 Å². The number of rotatable bonds is 6. The third kappa shape index (κ3) is 5.61. The standard InChI is InChI=1S/C14H25NO4S/c1-10(2)13(14(17)18)20(19)9-12(16)15-11-7-5-3-4-6-8-11/h10-11,13H,3-9H2,1-2H3,(H,15,16)(H,17,18). The lowest BCUT2D eigenvalue weighted by Crippen LogP contribution is -2.41. The van der Waals surface area contributed by atoms with E-state index in [1.165, 1.54) is 12.8 Å². The van der Waals surface area contributed by atoms with Gasteiger partial charge in [0.15, 0.2) is 0 Å². The van der Waals surface area contributed by atoms with Crippen LogP contribution in [0.2, 0.25) is 0 Å². The molecule has 0 heterocycles. The SMILES string of the molecule is CC(C)C(C(=O)O)S(=O)CC(=O)NC1CCCCCC1. The van der Waals surface area contributed by atoms with Crippen LogP contribution in [0.25, 0.3) is 0 Å². The fourth-order valence-corrected chi connectivity index (χ4v) is 3.97. The summed E-state index contributed by atoms with van der Waals surface area (Å²) in [5.41, 5.74) is 0. The molecule has 2 atom stereocenters. The van der Waals surface area contributed by atoms with Gasteiger partial charge in [0.2, 0.25) is 5.91 Å². The van der Waals surface area contributed by atoms with Crippen LogP contribution in [0.15, 0.2) is 0 Å². The number of nitrogens with one attached hydrogen (secondary N) is 1. The van der Waals surface area contributed by atoms with Crippen LogP contribution >= 0.6 is 0 Å². The van der Waals surface area contributed by atoms with E-state index in [1.807, 2.05) is 0 Å². The lowest BCUT2D eigenvalue weighted by atomic mass is 10.1. The number of hydrogen-bond acceptors (Lipinski definition) is 3. The molecule has 2 unspecified atom stereocenters. The number of carbonyl (C=O) groups excluding carboxylic acids is 1. The summed E-state index contributed by atoms with van der Waals surface area (Å²) in [6.07, 6.45) is 6.55. The molecule has 1 amide bonds. The zero-order chi connectivity index (χ0) is 15.1. The molecule has 0 aromatic rings. The van der Waals surface area contributed by atoms with Crippen molar-refractivity contribution in [2.75, 3.05) is 5.75 Å². The van der Waals surface area contributed by atoms with Crippen LogP contribution in [0.5, 0.6) is 0 Å². The number of hydrogen-bond donors (Lipinski definition) is 2. The van der Waals surface area contributed by atoms with E-state index in [0.717, 1.165) is 25.7 Å². The molecule has 0 saturated heterocycles. The Morgan fingerprint density at radius 1 is 1.20 bits per heavy atom. The largest absolute Gasteiger partial charge is 0.480 e. The van der Waals surface area contributed by atoms with Crippen molar-refractivity contribution in [1.82, 2.24) is 5.32 Å². The van der Waals surface area contributed by atoms with Crippen molar-refractivity contribution in [3.63, 3.8) is 0 Å². The molecular formula is C14H25NO4S. The van der Waals surface area contributed by atoms with Gasteiger partial charge in [-0.25, -0.2) is 0 Å². The Kier molecular flexibility index (Phi) is 7.19. The predicted molar refractivity (Wildman–Crippen MR) is 78.9 cm³/mol. The first-order valence-electron chi connectivity index (χ1n) is 7.31. The van der Waals surface area contributed by atoms with Gasteiger partial charge in [-0.15, -0.1) is 0 Å². The molecule has 1 aliphatic rings. The Labute approximate surface area is 123 Å². The highest BCUT2D eigenvalue weighted by Crippen LogP contribution is 2.17. The van der Waals surface area contributed by atoms with E-state index in [9.17, 15) is 13.8 Å². The monoisotopic (exact) mass is 303 g/mol. The van der Waals surface area contributed by atoms with Crippen LogP contribution in [0.3, 0.4) is 0 Å². The first-order chi connectivity index (χ1) is 9.41. The van der Waals surface area contributed by atoms with Crippen LogP contribution in [0.1, 0.15) is 52.4 Å². The summed E-state index contributed by atoms with van der Waals surface area (Å²) in [6, 6.07) is 0.157. The maximum Gasteiger partial charge on any atom is 0.319 e. The van der Waals surface area contributed by atoms with Gasteiger partial charge in [0.05, 0.1) is 0 Å². The molecule has 20 heavy (non-hydrogen) atoms. The molecule has 0 aromatic carbocycles. The molecular weight excluding hydrogens is 278 g/mol. The van der Waals surface area contributed by atoms with Crippen molar-refractivity contribution in [2.45, 2.75) is 63.7 Å². The molecule has 1 rings (SSSR count). The average Bonchev–Trinajstić information content (AvgIpc) is 2.55. The highest BCUT2D eigenvalue weighted by molar-refractivity contribution is 7.87. The molecule has 0 aliphatic heterocycles. The Balaban J connectivity index is 2.47. The van der Waals surface area contributed by atoms with Crippen molar-refractivity contribution < 1.29 is 18.9 Å². The maximum atomic E-state index is 12.0. The van der Waals surface area contributed by atoms with Crippen molar-refractivity contribution in [3.8, 4) is 0 Å². The molecule has 1 fully saturated rings. The molecule has 0 aromatic heterocycles. The summed E-state index contributed by atoms with van der Waals surface area (Å²) in [5, 5.41) is 11.0. The van der Waals surface area contributed by atoms with E-state index < -0.39 is 22.0 Å². The quantitative estimate of drug-likeness (QED) is 0.731. The van der Waals surface area contributed by atoms with Crippen LogP contribution in [-0.2, 0) is 20.4 Å². The van der Waals surface area contributed by atoms with E-state index >= 15 is 0 Å². The molecule has 5 nitrogen and oxygen atoms in total. The molecule has 2 N–H and O–H groups in total. The van der Waals surface area contributed by atoms with E-state index in [-0.39, 0.29) is 23.6 Å². The van der Waals surface area contributed by atoms with Crippen LogP contribution in [0.4, 0.5) is 0 Å². The van der Waals surface area contributed by atoms with E-state index in [2.05, 4.69) is 5.32 Å². The topological polar surface area (TPSA) is 83.5 Å². The number of aliphatic carboxylic acids is 1. The van der Waals surface area contributed by atoms with Crippen LogP contribution < -0.4 is 5.32 Å². The van der Waals surface area contributed by atoms with Crippen molar-refractivity contribution in [1.29, 1.82) is 0 Å². The van der Waals surface area contributed by atoms with Gasteiger partial charge < -0.3 is 10.4 Å². The van der Waals surface area contributed by atoms with Gasteiger partial charge >= 0.3 is 5.97 Å². The summed E-state index contributed by atoms with van der Waals surface area (Å²) in [6.45, 7) is 3.42. The molecule has 0 bridgehead atoms. The molecule has 116 valence electrons. The minimum atomic E-state index is -1.67. The van der Waals surface area contributed by atoms with Gasteiger partial charge in [0, 0.05) is 16.8 Å². The average molecular weight is 303 g/mol. The molecule has 6 heteroatoms. The second kappa shape index (κ2) is 8.39. The Morgan fingerprint density at radius 3 is 2.20 bits per heavy atom. The Bertz CT molecular complexity index is 362. The summed E-state index contributed by atoms with van der Waals surface area (Å²) in [5.74, 6) is -1.85. The minimum absolute atomic E-state index is 0.157. The van der Waals surface area contributed by atoms with E-state index in [4.69, 9.17) is 5.11 Å². The van der Waals surface area contributed by atoms with Gasteiger partial charge in [-0.2, -0.15) is 0 Å². The smallest absolute Gasteiger partial charge is 0.319 e. The van der Waals surface area contributed by atoms with Gasteiger partial charge in [-0.3, -0.25) is 13.8 Å². The molecule has 0 spiro atoms. The molecule has 1 aliphatic carbocycles. The minimum Gasteiger partial charge on any atom is -0.480 e. The van der Waals surface area contributed by atoms with Crippen molar-refractivity contribution in [2.24, 2.45) is 5.92 Å². The second-order valence-corrected chi connectivity index (χ2v) is 7.34. The zero-order valence-electron chi connectivity index (χ0n) is 12.3. The number of carbonyl (C=O) groups is 2. The Hall–Kier alpha value is -0.910. The van der Waals surface area contributed by atoms with Crippen LogP contribution in [-0.4, -0.2) is 38.2 Å². The number of carboxylic acid groups (broad SMARTS) is 1. The van der Waals surface area contributed by atoms with Crippen molar-refractivity contribution >= 4 is 22.7 Å². The fourth-order valence-electron chi connectivity index (χ4n) is 2.61. The zero-order valence-corrected chi connectivity index (χ0v) is 13.1. The number of carboxylic acids is 1. The molecule has 1 saturated carbocycles. The summed E-state index contributed by atoms with van der Waals surface area (Å²) in [4.78, 5) is 23.0. The second-order valence-electron chi connectivity index (χ2n) is 5.78. The normalized spacial score (nSPS) is 20.1. The maximum absolute atomic E-state index is 12.0. The summed E-state index contributed by atoms with van der Waals surface area (Å²) in [7, 11) is -1.67. The number of amides is 1. The van der Waals surface area contributed by atoms with Crippen LogP contribution in [0, 0.1) is 5.92 Å². The first kappa shape index (κ1) is 17.1. The van der Waals surface area contributed by atoms with Crippen molar-refractivity contribution in [3.05, 3.63) is 0 Å². The Morgan fingerprint density at radius 2 is 1.75 bits per heavy atom.